The molecule has 0 aliphatic rings. The molecule has 0 saturated heterocycles. The maximum absolute atomic E-state index is 2.96. The van der Waals surface area contributed by atoms with E-state index in [-0.39, 0.29) is 5.16 Å². The van der Waals surface area contributed by atoms with Crippen LogP contribution in [0.25, 0.3) is 0 Å². The Morgan fingerprint density at radius 3 is 2.07 bits per heavy atom. The van der Waals surface area contributed by atoms with Crippen LogP contribution in [-0.4, -0.2) is 10.9 Å². The van der Waals surface area contributed by atoms with Crippen LogP contribution < -0.4 is 0 Å². The smallest absolute Gasteiger partial charge is 0.00721 e. The van der Waals surface area contributed by atoms with Gasteiger partial charge in [-0.2, -0.15) is 0 Å². The van der Waals surface area contributed by atoms with Gasteiger partial charge >= 0.3 is 0 Å². The van der Waals surface area contributed by atoms with Gasteiger partial charge in [-0.05, 0) is 22.7 Å². The predicted molar refractivity (Wildman–Crippen MR) is 74.7 cm³/mol. The third kappa shape index (κ3) is 3.81. The zero-order valence-electron chi connectivity index (χ0n) is 10.1. The summed E-state index contributed by atoms with van der Waals surface area (Å²) in [6.07, 6.45) is 0. The fourth-order valence-corrected chi connectivity index (χ4v) is 2.47. The molecule has 0 spiro atoms. The molecule has 0 fully saturated rings. The van der Waals surface area contributed by atoms with Crippen LogP contribution in [0, 0.1) is 5.41 Å². The number of benzene rings is 1. The van der Waals surface area contributed by atoms with Crippen LogP contribution in [0.3, 0.4) is 0 Å². The molecule has 1 aromatic rings. The van der Waals surface area contributed by atoms with Crippen molar-refractivity contribution in [2.45, 2.75) is 37.7 Å². The third-order valence-electron chi connectivity index (χ3n) is 3.09. The largest absolute Gasteiger partial charge is 0.131 e. The molecule has 0 aliphatic heterocycles. The molecule has 0 saturated carbocycles. The van der Waals surface area contributed by atoms with E-state index in [4.69, 9.17) is 0 Å². The summed E-state index contributed by atoms with van der Waals surface area (Å²) >= 11 is 1.94. The molecule has 0 bridgehead atoms. The van der Waals surface area contributed by atoms with Gasteiger partial charge in [-0.25, -0.2) is 0 Å². The standard InChI is InChI=1S/C13H21PS/c1-12(2,13(3,4)14)10-15-11-8-6-5-7-9-11/h5-9H,10,14H2,1-4H3. The van der Waals surface area contributed by atoms with Crippen molar-refractivity contribution in [1.82, 2.24) is 0 Å². The molecular weight excluding hydrogens is 219 g/mol. The Bertz CT molecular complexity index is 298. The normalized spacial score (nSPS) is 12.9. The van der Waals surface area contributed by atoms with E-state index in [1.807, 2.05) is 11.8 Å². The van der Waals surface area contributed by atoms with Crippen LogP contribution in [0.2, 0.25) is 0 Å². The number of thioether (sulfide) groups is 1. The SMILES string of the molecule is CC(C)(P)C(C)(C)CSc1ccccc1. The first-order valence-electron chi connectivity index (χ1n) is 5.30. The van der Waals surface area contributed by atoms with Crippen molar-refractivity contribution < 1.29 is 0 Å². The molecule has 2 heteroatoms. The molecule has 0 heterocycles. The molecular formula is C13H21PS. The zero-order valence-corrected chi connectivity index (χ0v) is 12.1. The summed E-state index contributed by atoms with van der Waals surface area (Å²) in [6, 6.07) is 10.6. The molecule has 1 unspecified atom stereocenters. The van der Waals surface area contributed by atoms with E-state index in [0.717, 1.165) is 5.75 Å². The Labute approximate surface area is 100 Å². The quantitative estimate of drug-likeness (QED) is 0.553. The summed E-state index contributed by atoms with van der Waals surface area (Å²) in [4.78, 5) is 1.36. The summed E-state index contributed by atoms with van der Waals surface area (Å²) in [6.45, 7) is 9.22. The van der Waals surface area contributed by atoms with Crippen molar-refractivity contribution >= 4 is 21.0 Å². The van der Waals surface area contributed by atoms with Gasteiger partial charge in [-0.15, -0.1) is 21.0 Å². The Kier molecular flexibility index (Phi) is 4.26. The Balaban J connectivity index is 2.58. The van der Waals surface area contributed by atoms with Gasteiger partial charge in [0.15, 0.2) is 0 Å². The summed E-state index contributed by atoms with van der Waals surface area (Å²) in [5.41, 5.74) is 0.318. The average molecular weight is 240 g/mol. The molecule has 0 radical (unpaired) electrons. The fraction of sp³-hybridized carbons (Fsp3) is 0.538. The molecule has 1 rings (SSSR count). The van der Waals surface area contributed by atoms with E-state index in [1.165, 1.54) is 4.90 Å². The van der Waals surface area contributed by atoms with Crippen molar-refractivity contribution in [2.24, 2.45) is 5.41 Å². The highest BCUT2D eigenvalue weighted by Gasteiger charge is 2.32. The highest BCUT2D eigenvalue weighted by molar-refractivity contribution is 7.99. The van der Waals surface area contributed by atoms with Crippen LogP contribution in [-0.2, 0) is 0 Å². The van der Waals surface area contributed by atoms with Crippen LogP contribution in [0.5, 0.6) is 0 Å². The van der Waals surface area contributed by atoms with Crippen molar-refractivity contribution in [2.75, 3.05) is 5.75 Å². The minimum Gasteiger partial charge on any atom is -0.131 e. The predicted octanol–water partition coefficient (Wildman–Crippen LogP) is 4.46. The second-order valence-corrected chi connectivity index (χ2v) is 7.70. The first-order chi connectivity index (χ1) is 6.83. The maximum Gasteiger partial charge on any atom is 0.00721 e. The van der Waals surface area contributed by atoms with Crippen molar-refractivity contribution in [3.63, 3.8) is 0 Å². The van der Waals surface area contributed by atoms with Gasteiger partial charge in [0.05, 0.1) is 0 Å². The van der Waals surface area contributed by atoms with Crippen molar-refractivity contribution in [1.29, 1.82) is 0 Å². The van der Waals surface area contributed by atoms with Crippen molar-refractivity contribution in [3.8, 4) is 0 Å². The average Bonchev–Trinajstić information content (AvgIpc) is 2.15. The lowest BCUT2D eigenvalue weighted by atomic mass is 9.82. The molecule has 0 amide bonds. The van der Waals surface area contributed by atoms with E-state index in [1.54, 1.807) is 0 Å². The van der Waals surface area contributed by atoms with E-state index >= 15 is 0 Å². The molecule has 0 N–H and O–H groups in total. The summed E-state index contributed by atoms with van der Waals surface area (Å²) in [5.74, 6) is 1.15. The summed E-state index contributed by atoms with van der Waals surface area (Å²) < 4.78 is 0. The minimum absolute atomic E-state index is 0.273. The third-order valence-corrected chi connectivity index (χ3v) is 5.34. The molecule has 84 valence electrons. The lowest BCUT2D eigenvalue weighted by Crippen LogP contribution is -2.35. The zero-order chi connectivity index (χ0) is 11.5. The highest BCUT2D eigenvalue weighted by atomic mass is 32.2. The summed E-state index contributed by atoms with van der Waals surface area (Å²) in [7, 11) is 2.96. The molecule has 0 aromatic heterocycles. The molecule has 0 aliphatic carbocycles. The van der Waals surface area contributed by atoms with Gasteiger partial charge in [-0.1, -0.05) is 45.9 Å². The monoisotopic (exact) mass is 240 g/mol. The maximum atomic E-state index is 2.96. The molecule has 0 nitrogen and oxygen atoms in total. The Morgan fingerprint density at radius 1 is 1.07 bits per heavy atom. The van der Waals surface area contributed by atoms with Gasteiger partial charge in [0.2, 0.25) is 0 Å². The molecule has 1 aromatic carbocycles. The van der Waals surface area contributed by atoms with Crippen molar-refractivity contribution in [3.05, 3.63) is 30.3 Å². The van der Waals surface area contributed by atoms with Gasteiger partial charge in [0, 0.05) is 10.6 Å². The first-order valence-corrected chi connectivity index (χ1v) is 6.86. The number of rotatable bonds is 4. The first kappa shape index (κ1) is 13.1. The van der Waals surface area contributed by atoms with Gasteiger partial charge < -0.3 is 0 Å². The lowest BCUT2D eigenvalue weighted by molar-refractivity contribution is 0.327. The molecule has 15 heavy (non-hydrogen) atoms. The molecule has 1 atom stereocenters. The second kappa shape index (κ2) is 4.89. The summed E-state index contributed by atoms with van der Waals surface area (Å²) in [5, 5.41) is 0.273. The fourth-order valence-electron chi connectivity index (χ4n) is 0.966. The van der Waals surface area contributed by atoms with E-state index in [2.05, 4.69) is 67.3 Å². The van der Waals surface area contributed by atoms with Crippen LogP contribution in [0.15, 0.2) is 35.2 Å². The van der Waals surface area contributed by atoms with Crippen LogP contribution in [0.4, 0.5) is 0 Å². The minimum atomic E-state index is 0.273. The van der Waals surface area contributed by atoms with E-state index in [9.17, 15) is 0 Å². The van der Waals surface area contributed by atoms with Gasteiger partial charge in [-0.3, -0.25) is 0 Å². The Morgan fingerprint density at radius 2 is 1.60 bits per heavy atom. The van der Waals surface area contributed by atoms with Gasteiger partial charge in [0.25, 0.3) is 0 Å². The highest BCUT2D eigenvalue weighted by Crippen LogP contribution is 2.41. The van der Waals surface area contributed by atoms with Gasteiger partial charge in [0.1, 0.15) is 0 Å². The van der Waals surface area contributed by atoms with Crippen LogP contribution in [0.1, 0.15) is 27.7 Å². The van der Waals surface area contributed by atoms with E-state index in [0.29, 0.717) is 5.41 Å². The topological polar surface area (TPSA) is 0 Å². The second-order valence-electron chi connectivity index (χ2n) is 5.21. The van der Waals surface area contributed by atoms with E-state index < -0.39 is 0 Å². The van der Waals surface area contributed by atoms with Crippen LogP contribution >= 0.6 is 21.0 Å². The number of hydrogen-bond acceptors (Lipinski definition) is 1. The number of hydrogen-bond donors (Lipinski definition) is 0. The Hall–Kier alpha value is 0. The lowest BCUT2D eigenvalue weighted by Gasteiger charge is -2.38.